The molecule has 78 valence electrons. The van der Waals surface area contributed by atoms with Crippen LogP contribution in [-0.4, -0.2) is 19.2 Å². The molecule has 0 aliphatic rings. The lowest BCUT2D eigenvalue weighted by atomic mass is 10.1. The smallest absolute Gasteiger partial charge is 0.254 e. The van der Waals surface area contributed by atoms with E-state index in [1.165, 1.54) is 7.11 Å². The normalized spacial score (nSPS) is 11.5. The molecule has 1 N–H and O–H groups in total. The van der Waals surface area contributed by atoms with Crippen molar-refractivity contribution in [1.29, 1.82) is 5.26 Å². The van der Waals surface area contributed by atoms with Gasteiger partial charge in [0.15, 0.2) is 0 Å². The van der Waals surface area contributed by atoms with Gasteiger partial charge in [-0.25, -0.2) is 0 Å². The largest absolute Gasteiger partial charge is 0.349 e. The summed E-state index contributed by atoms with van der Waals surface area (Å²) < 4.78 is 4.74. The standard InChI is InChI=1S/C11H12N2O2/c1-8-5-3-4-6-9(8)11(14)13-10(7-12)15-2/h3-6,10H,1-2H3,(H,13,14). The molecule has 1 aromatic carbocycles. The number of nitrogens with one attached hydrogen (secondary N) is 1. The summed E-state index contributed by atoms with van der Waals surface area (Å²) in [6.45, 7) is 1.84. The van der Waals surface area contributed by atoms with Crippen LogP contribution in [0.3, 0.4) is 0 Å². The second-order valence-electron chi connectivity index (χ2n) is 3.03. The SMILES string of the molecule is COC(C#N)NC(=O)c1ccccc1C. The molecule has 4 nitrogen and oxygen atoms in total. The Morgan fingerprint density at radius 1 is 1.53 bits per heavy atom. The molecular weight excluding hydrogens is 192 g/mol. The van der Waals surface area contributed by atoms with E-state index >= 15 is 0 Å². The minimum Gasteiger partial charge on any atom is -0.349 e. The van der Waals surface area contributed by atoms with Crippen LogP contribution in [0, 0.1) is 18.3 Å². The fourth-order valence-corrected chi connectivity index (χ4v) is 1.17. The van der Waals surface area contributed by atoms with Crippen LogP contribution >= 0.6 is 0 Å². The van der Waals surface area contributed by atoms with Crippen LogP contribution in [0.25, 0.3) is 0 Å². The first-order chi connectivity index (χ1) is 7.19. The number of methoxy groups -OCH3 is 1. The van der Waals surface area contributed by atoms with Crippen LogP contribution < -0.4 is 5.32 Å². The quantitative estimate of drug-likeness (QED) is 0.753. The zero-order valence-electron chi connectivity index (χ0n) is 8.65. The van der Waals surface area contributed by atoms with Gasteiger partial charge in [0.25, 0.3) is 5.91 Å². The molecule has 1 unspecified atom stereocenters. The molecule has 15 heavy (non-hydrogen) atoms. The summed E-state index contributed by atoms with van der Waals surface area (Å²) in [4.78, 5) is 11.7. The third-order valence-corrected chi connectivity index (χ3v) is 2.00. The van der Waals surface area contributed by atoms with Gasteiger partial charge in [0.2, 0.25) is 6.23 Å². The van der Waals surface area contributed by atoms with Gasteiger partial charge in [0, 0.05) is 12.7 Å². The number of amides is 1. The van der Waals surface area contributed by atoms with E-state index in [0.29, 0.717) is 5.56 Å². The summed E-state index contributed by atoms with van der Waals surface area (Å²) in [6.07, 6.45) is -0.905. The lowest BCUT2D eigenvalue weighted by Gasteiger charge is -2.10. The average Bonchev–Trinajstić information content (AvgIpc) is 2.26. The van der Waals surface area contributed by atoms with Crippen molar-refractivity contribution in [2.45, 2.75) is 13.2 Å². The third-order valence-electron chi connectivity index (χ3n) is 2.00. The van der Waals surface area contributed by atoms with Crippen molar-refractivity contribution in [3.05, 3.63) is 35.4 Å². The summed E-state index contributed by atoms with van der Waals surface area (Å²) in [7, 11) is 1.37. The highest BCUT2D eigenvalue weighted by Crippen LogP contribution is 2.06. The van der Waals surface area contributed by atoms with Crippen molar-refractivity contribution in [3.8, 4) is 6.07 Å². The number of carbonyl (C=O) groups is 1. The highest BCUT2D eigenvalue weighted by molar-refractivity contribution is 5.95. The van der Waals surface area contributed by atoms with Gasteiger partial charge in [-0.05, 0) is 18.6 Å². The van der Waals surface area contributed by atoms with E-state index in [1.807, 2.05) is 25.1 Å². The molecule has 0 bridgehead atoms. The zero-order valence-corrected chi connectivity index (χ0v) is 8.65. The molecule has 1 atom stereocenters. The van der Waals surface area contributed by atoms with Gasteiger partial charge in [-0.3, -0.25) is 4.79 Å². The molecule has 0 heterocycles. The maximum absolute atomic E-state index is 11.7. The predicted octanol–water partition coefficient (Wildman–Crippen LogP) is 1.22. The van der Waals surface area contributed by atoms with E-state index in [-0.39, 0.29) is 5.91 Å². The van der Waals surface area contributed by atoms with Crippen molar-refractivity contribution in [1.82, 2.24) is 5.32 Å². The molecule has 4 heteroatoms. The molecule has 0 spiro atoms. The van der Waals surface area contributed by atoms with Crippen LogP contribution in [0.5, 0.6) is 0 Å². The van der Waals surface area contributed by atoms with Gasteiger partial charge in [-0.1, -0.05) is 18.2 Å². The van der Waals surface area contributed by atoms with Crippen LogP contribution in [-0.2, 0) is 4.74 Å². The summed E-state index contributed by atoms with van der Waals surface area (Å²) in [6, 6.07) is 8.98. The topological polar surface area (TPSA) is 62.1 Å². The van der Waals surface area contributed by atoms with Crippen molar-refractivity contribution < 1.29 is 9.53 Å². The number of hydrogen-bond donors (Lipinski definition) is 1. The zero-order chi connectivity index (χ0) is 11.3. The second-order valence-corrected chi connectivity index (χ2v) is 3.03. The van der Waals surface area contributed by atoms with Gasteiger partial charge in [-0.2, -0.15) is 5.26 Å². The van der Waals surface area contributed by atoms with Crippen LogP contribution in [0.4, 0.5) is 0 Å². The second kappa shape index (κ2) is 5.13. The average molecular weight is 204 g/mol. The highest BCUT2D eigenvalue weighted by Gasteiger charge is 2.12. The third kappa shape index (κ3) is 2.79. The molecular formula is C11H12N2O2. The molecule has 1 amide bonds. The minimum atomic E-state index is -0.905. The van der Waals surface area contributed by atoms with Crippen molar-refractivity contribution in [3.63, 3.8) is 0 Å². The van der Waals surface area contributed by atoms with Crippen LogP contribution in [0.1, 0.15) is 15.9 Å². The Balaban J connectivity index is 2.79. The van der Waals surface area contributed by atoms with Gasteiger partial charge < -0.3 is 10.1 Å². The van der Waals surface area contributed by atoms with Gasteiger partial charge >= 0.3 is 0 Å². The summed E-state index contributed by atoms with van der Waals surface area (Å²) >= 11 is 0. The Kier molecular flexibility index (Phi) is 3.83. The van der Waals surface area contributed by atoms with Gasteiger partial charge in [-0.15, -0.1) is 0 Å². The molecule has 0 radical (unpaired) electrons. The fraction of sp³-hybridized carbons (Fsp3) is 0.273. The molecule has 1 aromatic rings. The van der Waals surface area contributed by atoms with E-state index in [9.17, 15) is 4.79 Å². The van der Waals surface area contributed by atoms with Crippen molar-refractivity contribution >= 4 is 5.91 Å². The molecule has 0 aromatic heterocycles. The number of nitrogens with zero attached hydrogens (tertiary/aromatic N) is 1. The predicted molar refractivity (Wildman–Crippen MR) is 55.1 cm³/mol. The fourth-order valence-electron chi connectivity index (χ4n) is 1.17. The number of ether oxygens (including phenoxy) is 1. The Morgan fingerprint density at radius 3 is 2.73 bits per heavy atom. The summed E-state index contributed by atoms with van der Waals surface area (Å²) in [5.74, 6) is -0.304. The molecule has 0 fully saturated rings. The lowest BCUT2D eigenvalue weighted by Crippen LogP contribution is -2.35. The van der Waals surface area contributed by atoms with E-state index in [4.69, 9.17) is 10.00 Å². The van der Waals surface area contributed by atoms with E-state index in [1.54, 1.807) is 12.1 Å². The van der Waals surface area contributed by atoms with Crippen molar-refractivity contribution in [2.24, 2.45) is 0 Å². The first-order valence-electron chi connectivity index (χ1n) is 4.48. The number of nitriles is 1. The van der Waals surface area contributed by atoms with E-state index in [0.717, 1.165) is 5.56 Å². The van der Waals surface area contributed by atoms with Gasteiger partial charge in [0.05, 0.1) is 0 Å². The Labute approximate surface area is 88.5 Å². The Morgan fingerprint density at radius 2 is 2.20 bits per heavy atom. The number of hydrogen-bond acceptors (Lipinski definition) is 3. The molecule has 0 saturated carbocycles. The first kappa shape index (κ1) is 11.2. The number of benzene rings is 1. The summed E-state index contributed by atoms with van der Waals surface area (Å²) in [5, 5.41) is 11.1. The Hall–Kier alpha value is -1.86. The highest BCUT2D eigenvalue weighted by atomic mass is 16.5. The first-order valence-corrected chi connectivity index (χ1v) is 4.48. The molecule has 0 aliphatic carbocycles. The minimum absolute atomic E-state index is 0.304. The maximum atomic E-state index is 11.7. The van der Waals surface area contributed by atoms with E-state index < -0.39 is 6.23 Å². The number of aryl methyl sites for hydroxylation is 1. The van der Waals surface area contributed by atoms with Crippen LogP contribution in [0.15, 0.2) is 24.3 Å². The molecule has 1 rings (SSSR count). The maximum Gasteiger partial charge on any atom is 0.254 e. The monoisotopic (exact) mass is 204 g/mol. The number of carbonyl (C=O) groups excluding carboxylic acids is 1. The Bertz CT molecular complexity index is 396. The molecule has 0 saturated heterocycles. The summed E-state index contributed by atoms with van der Waals surface area (Å²) in [5.41, 5.74) is 1.41. The number of rotatable bonds is 3. The lowest BCUT2D eigenvalue weighted by molar-refractivity contribution is 0.0763. The van der Waals surface area contributed by atoms with Gasteiger partial charge in [0.1, 0.15) is 6.07 Å². The van der Waals surface area contributed by atoms with Crippen LogP contribution in [0.2, 0.25) is 0 Å². The van der Waals surface area contributed by atoms with E-state index in [2.05, 4.69) is 5.32 Å². The van der Waals surface area contributed by atoms with Crippen molar-refractivity contribution in [2.75, 3.05) is 7.11 Å². The molecule has 0 aliphatic heterocycles.